The molecule has 30 heavy (non-hydrogen) atoms. The minimum absolute atomic E-state index is 0.122. The first-order valence-electron chi connectivity index (χ1n) is 10.2. The predicted octanol–water partition coefficient (Wildman–Crippen LogP) is 3.39. The Bertz CT molecular complexity index is 1170. The van der Waals surface area contributed by atoms with Gasteiger partial charge in [0, 0.05) is 37.8 Å². The topological polar surface area (TPSA) is 62.6 Å². The molecule has 0 saturated carbocycles. The van der Waals surface area contributed by atoms with E-state index < -0.39 is 10.0 Å². The van der Waals surface area contributed by atoms with Crippen molar-refractivity contribution in [3.63, 3.8) is 0 Å². The van der Waals surface area contributed by atoms with Crippen molar-refractivity contribution in [2.45, 2.75) is 24.7 Å². The molecule has 0 unspecified atom stereocenters. The lowest BCUT2D eigenvalue weighted by molar-refractivity contribution is 0.0666. The van der Waals surface area contributed by atoms with Crippen LogP contribution in [0.1, 0.15) is 35.7 Å². The summed E-state index contributed by atoms with van der Waals surface area (Å²) in [5.74, 6) is 0.199. The highest BCUT2D eigenvalue weighted by Crippen LogP contribution is 2.28. The highest BCUT2D eigenvalue weighted by atomic mass is 32.2. The third kappa shape index (κ3) is 3.63. The van der Waals surface area contributed by atoms with Gasteiger partial charge >= 0.3 is 0 Å². The van der Waals surface area contributed by atoms with Crippen LogP contribution in [0.4, 0.5) is 0 Å². The summed E-state index contributed by atoms with van der Waals surface area (Å²) in [5, 5.41) is 0.656. The molecule has 1 aliphatic heterocycles. The largest absolute Gasteiger partial charge is 0.336 e. The van der Waals surface area contributed by atoms with Crippen LogP contribution in [-0.4, -0.2) is 61.3 Å². The molecule has 0 N–H and O–H groups in total. The average molecular weight is 426 g/mol. The minimum Gasteiger partial charge on any atom is -0.336 e. The third-order valence-corrected chi connectivity index (χ3v) is 7.49. The van der Waals surface area contributed by atoms with Gasteiger partial charge in [-0.2, -0.15) is 0 Å². The van der Waals surface area contributed by atoms with Crippen molar-refractivity contribution in [2.24, 2.45) is 0 Å². The van der Waals surface area contributed by atoms with E-state index in [1.54, 1.807) is 29.2 Å². The molecule has 0 spiro atoms. The van der Waals surface area contributed by atoms with Gasteiger partial charge in [-0.1, -0.05) is 44.2 Å². The van der Waals surface area contributed by atoms with E-state index >= 15 is 0 Å². The van der Waals surface area contributed by atoms with Gasteiger partial charge in [0.25, 0.3) is 15.9 Å². The number of para-hydroxylation sites is 1. The van der Waals surface area contributed by atoms with Crippen LogP contribution in [0.3, 0.4) is 0 Å². The molecule has 1 aromatic heterocycles. The van der Waals surface area contributed by atoms with Crippen molar-refractivity contribution in [3.8, 4) is 0 Å². The minimum atomic E-state index is -3.82. The first-order valence-corrected chi connectivity index (χ1v) is 11.7. The molecule has 1 saturated heterocycles. The summed E-state index contributed by atoms with van der Waals surface area (Å²) in [7, 11) is -1.79. The molecule has 4 rings (SSSR count). The molecule has 2 aromatic carbocycles. The quantitative estimate of drug-likeness (QED) is 0.643. The van der Waals surface area contributed by atoms with Gasteiger partial charge in [-0.25, -0.2) is 12.4 Å². The van der Waals surface area contributed by atoms with Crippen LogP contribution in [0.25, 0.3) is 10.9 Å². The lowest BCUT2D eigenvalue weighted by Gasteiger charge is -2.32. The Kier molecular flexibility index (Phi) is 5.42. The zero-order valence-corrected chi connectivity index (χ0v) is 18.4. The molecule has 1 fully saturated rings. The number of nitrogens with zero attached hydrogens (tertiary/aromatic N) is 3. The average Bonchev–Trinajstić information content (AvgIpc) is 3.14. The van der Waals surface area contributed by atoms with E-state index in [4.69, 9.17) is 0 Å². The number of fused-ring (bicyclic) bond motifs is 1. The molecule has 1 aliphatic rings. The maximum atomic E-state index is 13.4. The number of hydrogen-bond donors (Lipinski definition) is 0. The molecular weight excluding hydrogens is 398 g/mol. The van der Waals surface area contributed by atoms with Crippen LogP contribution in [-0.2, 0) is 10.0 Å². The highest BCUT2D eigenvalue weighted by molar-refractivity contribution is 7.90. The maximum Gasteiger partial charge on any atom is 0.268 e. The number of carbonyl (C=O) groups excluding carboxylic acids is 1. The van der Waals surface area contributed by atoms with Gasteiger partial charge in [0.05, 0.1) is 16.0 Å². The SMILES string of the molecule is CC(C)c1ccc(S(=O)(=O)n2cc(C(=O)N3CCN(C)CC3)c3ccccc32)cc1. The molecule has 158 valence electrons. The monoisotopic (exact) mass is 425 g/mol. The summed E-state index contributed by atoms with van der Waals surface area (Å²) in [4.78, 5) is 17.4. The molecule has 7 heteroatoms. The lowest BCUT2D eigenvalue weighted by Crippen LogP contribution is -2.47. The van der Waals surface area contributed by atoms with Crippen LogP contribution in [0.2, 0.25) is 0 Å². The molecule has 0 radical (unpaired) electrons. The summed E-state index contributed by atoms with van der Waals surface area (Å²) in [6, 6.07) is 14.2. The number of amides is 1. The summed E-state index contributed by atoms with van der Waals surface area (Å²) in [6.07, 6.45) is 1.48. The van der Waals surface area contributed by atoms with Crippen LogP contribution in [0, 0.1) is 0 Å². The Morgan fingerprint density at radius 3 is 2.20 bits per heavy atom. The zero-order valence-electron chi connectivity index (χ0n) is 17.6. The Morgan fingerprint density at radius 1 is 0.933 bits per heavy atom. The van der Waals surface area contributed by atoms with Crippen LogP contribution < -0.4 is 0 Å². The lowest BCUT2D eigenvalue weighted by atomic mass is 10.0. The smallest absolute Gasteiger partial charge is 0.268 e. The van der Waals surface area contributed by atoms with Crippen molar-refractivity contribution >= 4 is 26.8 Å². The standard InChI is InChI=1S/C23H27N3O3S/c1-17(2)18-8-10-19(11-9-18)30(28,29)26-16-21(20-6-4-5-7-22(20)26)23(27)25-14-12-24(3)13-15-25/h4-11,16-17H,12-15H2,1-3H3. The van der Waals surface area contributed by atoms with E-state index in [0.29, 0.717) is 35.5 Å². The summed E-state index contributed by atoms with van der Waals surface area (Å²) in [6.45, 7) is 7.03. The zero-order chi connectivity index (χ0) is 21.5. The highest BCUT2D eigenvalue weighted by Gasteiger charge is 2.27. The van der Waals surface area contributed by atoms with Gasteiger partial charge in [-0.05, 0) is 36.7 Å². The molecule has 0 aliphatic carbocycles. The molecule has 1 amide bonds. The summed E-state index contributed by atoms with van der Waals surface area (Å²) < 4.78 is 28.1. The van der Waals surface area contributed by atoms with Crippen molar-refractivity contribution in [1.29, 1.82) is 0 Å². The Labute approximate surface area is 177 Å². The van der Waals surface area contributed by atoms with Gasteiger partial charge in [0.2, 0.25) is 0 Å². The fraction of sp³-hybridized carbons (Fsp3) is 0.348. The Morgan fingerprint density at radius 2 is 1.57 bits per heavy atom. The molecule has 6 nitrogen and oxygen atoms in total. The number of piperazine rings is 1. The maximum absolute atomic E-state index is 13.4. The molecule has 0 bridgehead atoms. The van der Waals surface area contributed by atoms with Crippen molar-refractivity contribution in [1.82, 2.24) is 13.8 Å². The van der Waals surface area contributed by atoms with Gasteiger partial charge in [-0.3, -0.25) is 4.79 Å². The first-order chi connectivity index (χ1) is 14.3. The number of rotatable bonds is 4. The Hall–Kier alpha value is -2.64. The fourth-order valence-electron chi connectivity index (χ4n) is 3.84. The third-order valence-electron chi connectivity index (χ3n) is 5.80. The Balaban J connectivity index is 1.77. The van der Waals surface area contributed by atoms with Gasteiger partial charge in [0.15, 0.2) is 0 Å². The second-order valence-electron chi connectivity index (χ2n) is 8.18. The van der Waals surface area contributed by atoms with E-state index in [-0.39, 0.29) is 10.8 Å². The van der Waals surface area contributed by atoms with E-state index in [0.717, 1.165) is 18.7 Å². The molecule has 3 aromatic rings. The summed E-state index contributed by atoms with van der Waals surface area (Å²) >= 11 is 0. The first kappa shape index (κ1) is 20.6. The molecular formula is C23H27N3O3S. The van der Waals surface area contributed by atoms with Crippen LogP contribution >= 0.6 is 0 Å². The van der Waals surface area contributed by atoms with E-state index in [2.05, 4.69) is 18.7 Å². The van der Waals surface area contributed by atoms with Gasteiger partial charge < -0.3 is 9.80 Å². The van der Waals surface area contributed by atoms with E-state index in [1.807, 2.05) is 31.3 Å². The van der Waals surface area contributed by atoms with Crippen molar-refractivity contribution < 1.29 is 13.2 Å². The predicted molar refractivity (Wildman–Crippen MR) is 118 cm³/mol. The fourth-order valence-corrected chi connectivity index (χ4v) is 5.21. The van der Waals surface area contributed by atoms with Crippen LogP contribution in [0.5, 0.6) is 0 Å². The van der Waals surface area contributed by atoms with E-state index in [1.165, 1.54) is 10.2 Å². The normalized spacial score (nSPS) is 15.8. The molecule has 2 heterocycles. The second-order valence-corrected chi connectivity index (χ2v) is 9.99. The van der Waals surface area contributed by atoms with Crippen LogP contribution in [0.15, 0.2) is 59.6 Å². The number of likely N-dealkylation sites (N-methyl/N-ethyl adjacent to an activating group) is 1. The number of hydrogen-bond acceptors (Lipinski definition) is 4. The molecule has 0 atom stereocenters. The number of benzene rings is 2. The summed E-state index contributed by atoms with van der Waals surface area (Å²) in [5.41, 5.74) is 2.03. The van der Waals surface area contributed by atoms with Gasteiger partial charge in [-0.15, -0.1) is 0 Å². The van der Waals surface area contributed by atoms with Crippen molar-refractivity contribution in [3.05, 3.63) is 65.9 Å². The second kappa shape index (κ2) is 7.89. The number of aromatic nitrogens is 1. The van der Waals surface area contributed by atoms with Gasteiger partial charge in [0.1, 0.15) is 0 Å². The van der Waals surface area contributed by atoms with E-state index in [9.17, 15) is 13.2 Å². The number of carbonyl (C=O) groups is 1. The van der Waals surface area contributed by atoms with Crippen molar-refractivity contribution in [2.75, 3.05) is 33.2 Å².